The second-order valence-electron chi connectivity index (χ2n) is 5.77. The molecule has 1 aromatic rings. The van der Waals surface area contributed by atoms with Gasteiger partial charge in [0.05, 0.1) is 20.3 Å². The maximum Gasteiger partial charge on any atom is 0.191 e. The predicted octanol–water partition coefficient (Wildman–Crippen LogP) is 2.64. The molecule has 0 aliphatic carbocycles. The molecule has 3 N–H and O–H groups in total. The summed E-state index contributed by atoms with van der Waals surface area (Å²) >= 11 is 2.04. The van der Waals surface area contributed by atoms with Crippen molar-refractivity contribution in [3.05, 3.63) is 23.8 Å². The fourth-order valence-corrected chi connectivity index (χ4v) is 3.81. The lowest BCUT2D eigenvalue weighted by Crippen LogP contribution is -2.40. The van der Waals surface area contributed by atoms with Gasteiger partial charge in [-0.25, -0.2) is 4.99 Å². The van der Waals surface area contributed by atoms with Crippen molar-refractivity contribution < 1.29 is 14.6 Å². The summed E-state index contributed by atoms with van der Waals surface area (Å²) in [6, 6.07) is 5.75. The lowest BCUT2D eigenvalue weighted by molar-refractivity contribution is 0.196. The van der Waals surface area contributed by atoms with Crippen molar-refractivity contribution in [1.82, 2.24) is 10.6 Å². The molecule has 0 saturated carbocycles. The molecule has 0 aromatic heterocycles. The van der Waals surface area contributed by atoms with E-state index in [4.69, 9.17) is 14.6 Å². The minimum absolute atomic E-state index is 0. The van der Waals surface area contributed by atoms with E-state index in [0.29, 0.717) is 23.3 Å². The Labute approximate surface area is 177 Å². The van der Waals surface area contributed by atoms with Crippen LogP contribution in [0.4, 0.5) is 0 Å². The van der Waals surface area contributed by atoms with E-state index in [1.54, 1.807) is 7.11 Å². The van der Waals surface area contributed by atoms with Crippen molar-refractivity contribution in [1.29, 1.82) is 0 Å². The molecule has 1 fully saturated rings. The van der Waals surface area contributed by atoms with Gasteiger partial charge in [0.15, 0.2) is 17.5 Å². The van der Waals surface area contributed by atoms with Crippen molar-refractivity contribution in [2.24, 2.45) is 4.99 Å². The standard InChI is InChI=1S/C18H29N3O3S.HI/c1-3-19-18(21-13-15-5-4-10-25-15)20-12-14-6-7-16(24-9-8-22)17(11-14)23-2;/h6-7,11,15,22H,3-5,8-10,12-13H2,1-2H3,(H2,19,20,21);1H. The molecule has 1 heterocycles. The Hall–Kier alpha value is -0.870. The molecule has 148 valence electrons. The molecular formula is C18H30IN3O3S. The summed E-state index contributed by atoms with van der Waals surface area (Å²) in [6.07, 6.45) is 2.60. The Balaban J connectivity index is 0.00000338. The van der Waals surface area contributed by atoms with E-state index in [-0.39, 0.29) is 37.2 Å². The molecule has 0 amide bonds. The Bertz CT molecular complexity index is 554. The molecule has 1 saturated heterocycles. The number of ether oxygens (including phenoxy) is 2. The number of nitrogens with zero attached hydrogens (tertiary/aromatic N) is 1. The Kier molecular flexibility index (Phi) is 11.9. The van der Waals surface area contributed by atoms with E-state index in [1.165, 1.54) is 18.6 Å². The summed E-state index contributed by atoms with van der Waals surface area (Å²) in [6.45, 7) is 4.64. The molecule has 26 heavy (non-hydrogen) atoms. The van der Waals surface area contributed by atoms with E-state index in [1.807, 2.05) is 30.0 Å². The number of nitrogens with one attached hydrogen (secondary N) is 2. The van der Waals surface area contributed by atoms with E-state index in [0.717, 1.165) is 24.6 Å². The van der Waals surface area contributed by atoms with Gasteiger partial charge in [0.25, 0.3) is 0 Å². The summed E-state index contributed by atoms with van der Waals surface area (Å²) in [4.78, 5) is 4.66. The minimum atomic E-state index is -0.0216. The number of hydrogen-bond donors (Lipinski definition) is 3. The molecule has 1 aliphatic rings. The van der Waals surface area contributed by atoms with Gasteiger partial charge in [0.1, 0.15) is 6.61 Å². The first-order chi connectivity index (χ1) is 12.3. The normalized spacial score (nSPS) is 16.7. The van der Waals surface area contributed by atoms with Crippen LogP contribution in [0, 0.1) is 0 Å². The van der Waals surface area contributed by atoms with Crippen molar-refractivity contribution >= 4 is 41.7 Å². The third kappa shape index (κ3) is 7.79. The monoisotopic (exact) mass is 495 g/mol. The van der Waals surface area contributed by atoms with Gasteiger partial charge in [-0.15, -0.1) is 24.0 Å². The summed E-state index contributed by atoms with van der Waals surface area (Å²) in [7, 11) is 1.61. The first-order valence-corrected chi connectivity index (χ1v) is 9.86. The molecule has 1 atom stereocenters. The van der Waals surface area contributed by atoms with Crippen LogP contribution in [0.1, 0.15) is 25.3 Å². The van der Waals surface area contributed by atoms with E-state index >= 15 is 0 Å². The molecule has 2 rings (SSSR count). The van der Waals surface area contributed by atoms with Gasteiger partial charge >= 0.3 is 0 Å². The third-order valence-corrected chi connectivity index (χ3v) is 5.26. The Morgan fingerprint density at radius 3 is 2.85 bits per heavy atom. The largest absolute Gasteiger partial charge is 0.493 e. The number of hydrogen-bond acceptors (Lipinski definition) is 5. The van der Waals surface area contributed by atoms with Crippen LogP contribution < -0.4 is 20.1 Å². The third-order valence-electron chi connectivity index (χ3n) is 3.86. The van der Waals surface area contributed by atoms with Crippen LogP contribution in [0.25, 0.3) is 0 Å². The van der Waals surface area contributed by atoms with Gasteiger partial charge < -0.3 is 25.2 Å². The lowest BCUT2D eigenvalue weighted by atomic mass is 10.2. The van der Waals surface area contributed by atoms with Crippen LogP contribution in [0.3, 0.4) is 0 Å². The average molecular weight is 495 g/mol. The molecule has 0 spiro atoms. The van der Waals surface area contributed by atoms with Crippen LogP contribution in [-0.4, -0.2) is 55.5 Å². The zero-order chi connectivity index (χ0) is 17.9. The predicted molar refractivity (Wildman–Crippen MR) is 119 cm³/mol. The van der Waals surface area contributed by atoms with Crippen molar-refractivity contribution in [3.63, 3.8) is 0 Å². The maximum absolute atomic E-state index is 8.87. The smallest absolute Gasteiger partial charge is 0.191 e. The fourth-order valence-electron chi connectivity index (χ4n) is 2.61. The number of aliphatic imine (C=N–C) groups is 1. The highest BCUT2D eigenvalue weighted by Crippen LogP contribution is 2.28. The van der Waals surface area contributed by atoms with Gasteiger partial charge in [0.2, 0.25) is 0 Å². The number of halogens is 1. The lowest BCUT2D eigenvalue weighted by Gasteiger charge is -2.15. The quantitative estimate of drug-likeness (QED) is 0.278. The van der Waals surface area contributed by atoms with Gasteiger partial charge in [-0.05, 0) is 43.2 Å². The number of guanidine groups is 1. The summed E-state index contributed by atoms with van der Waals surface area (Å²) in [5, 5.41) is 16.3. The van der Waals surface area contributed by atoms with Crippen LogP contribution in [0.2, 0.25) is 0 Å². The molecule has 6 nitrogen and oxygen atoms in total. The molecule has 1 aliphatic heterocycles. The zero-order valence-electron chi connectivity index (χ0n) is 15.5. The van der Waals surface area contributed by atoms with Gasteiger partial charge in [0, 0.05) is 18.3 Å². The molecule has 0 radical (unpaired) electrons. The topological polar surface area (TPSA) is 75.1 Å². The molecule has 1 aromatic carbocycles. The fraction of sp³-hybridized carbons (Fsp3) is 0.611. The summed E-state index contributed by atoms with van der Waals surface area (Å²) in [5.41, 5.74) is 1.04. The van der Waals surface area contributed by atoms with E-state index in [9.17, 15) is 0 Å². The number of methoxy groups -OCH3 is 1. The SMILES string of the molecule is CCNC(=NCc1ccc(OCCO)c(OC)c1)NCC1CCCS1.I. The van der Waals surface area contributed by atoms with Crippen molar-refractivity contribution in [3.8, 4) is 11.5 Å². The maximum atomic E-state index is 8.87. The summed E-state index contributed by atoms with van der Waals surface area (Å²) < 4.78 is 10.8. The molecule has 0 bridgehead atoms. The van der Waals surface area contributed by atoms with Gasteiger partial charge in [-0.2, -0.15) is 11.8 Å². The number of aliphatic hydroxyl groups excluding tert-OH is 1. The van der Waals surface area contributed by atoms with Crippen LogP contribution in [0.15, 0.2) is 23.2 Å². The highest BCUT2D eigenvalue weighted by Gasteiger charge is 2.15. The number of aliphatic hydroxyl groups is 1. The minimum Gasteiger partial charge on any atom is -0.493 e. The first-order valence-electron chi connectivity index (χ1n) is 8.81. The van der Waals surface area contributed by atoms with Crippen LogP contribution >= 0.6 is 35.7 Å². The second-order valence-corrected chi connectivity index (χ2v) is 7.18. The first kappa shape index (κ1) is 23.2. The van der Waals surface area contributed by atoms with Crippen LogP contribution in [-0.2, 0) is 6.54 Å². The number of rotatable bonds is 9. The van der Waals surface area contributed by atoms with Gasteiger partial charge in [-0.3, -0.25) is 0 Å². The van der Waals surface area contributed by atoms with Crippen molar-refractivity contribution in [2.45, 2.75) is 31.6 Å². The van der Waals surface area contributed by atoms with Crippen molar-refractivity contribution in [2.75, 3.05) is 39.2 Å². The number of thioether (sulfide) groups is 1. The molecule has 1 unspecified atom stereocenters. The second kappa shape index (κ2) is 13.3. The van der Waals surface area contributed by atoms with E-state index in [2.05, 4.69) is 22.5 Å². The average Bonchev–Trinajstić information content (AvgIpc) is 3.16. The Morgan fingerprint density at radius 2 is 2.19 bits per heavy atom. The highest BCUT2D eigenvalue weighted by molar-refractivity contribution is 14.0. The molecular weight excluding hydrogens is 465 g/mol. The van der Waals surface area contributed by atoms with Gasteiger partial charge in [-0.1, -0.05) is 6.07 Å². The molecule has 8 heteroatoms. The van der Waals surface area contributed by atoms with Crippen LogP contribution in [0.5, 0.6) is 11.5 Å². The Morgan fingerprint density at radius 1 is 1.35 bits per heavy atom. The zero-order valence-corrected chi connectivity index (χ0v) is 18.6. The van der Waals surface area contributed by atoms with E-state index < -0.39 is 0 Å². The number of benzene rings is 1. The summed E-state index contributed by atoms with van der Waals surface area (Å²) in [5.74, 6) is 3.40. The highest BCUT2D eigenvalue weighted by atomic mass is 127.